The van der Waals surface area contributed by atoms with E-state index >= 15 is 0 Å². The monoisotopic (exact) mass is 354 g/mol. The first kappa shape index (κ1) is 18.1. The molecule has 0 aliphatic heterocycles. The van der Waals surface area contributed by atoms with Gasteiger partial charge in [-0.3, -0.25) is 4.79 Å². The van der Waals surface area contributed by atoms with Crippen LogP contribution in [0.15, 0.2) is 52.3 Å². The number of fused-ring (bicyclic) bond motifs is 1. The minimum atomic E-state index is -0.792. The van der Waals surface area contributed by atoms with Gasteiger partial charge in [-0.1, -0.05) is 57.7 Å². The zero-order chi connectivity index (χ0) is 18.2. The molecule has 0 heterocycles. The molecule has 0 atom stereocenters. The molecule has 3 heteroatoms. The molecular formula is C22H26O2S. The summed E-state index contributed by atoms with van der Waals surface area (Å²) in [6, 6.07) is 14.7. The van der Waals surface area contributed by atoms with Crippen LogP contribution < -0.4 is 0 Å². The molecular weight excluding hydrogens is 328 g/mol. The molecule has 1 aliphatic rings. The SMILES string of the molecule is CC1(C)CCC(C)(C)c2cc(Sc3cccc(CC(=O)O)c3)ccc21. The average Bonchev–Trinajstić information content (AvgIpc) is 2.52. The van der Waals surface area contributed by atoms with Crippen molar-refractivity contribution in [2.24, 2.45) is 0 Å². The van der Waals surface area contributed by atoms with Gasteiger partial charge in [-0.05, 0) is 64.6 Å². The molecule has 0 fully saturated rings. The van der Waals surface area contributed by atoms with E-state index in [0.717, 1.165) is 10.5 Å². The normalized spacial score (nSPS) is 17.8. The number of hydrogen-bond donors (Lipinski definition) is 1. The molecule has 3 rings (SSSR count). The topological polar surface area (TPSA) is 37.3 Å². The Hall–Kier alpha value is -1.74. The van der Waals surface area contributed by atoms with E-state index in [-0.39, 0.29) is 17.3 Å². The van der Waals surface area contributed by atoms with Gasteiger partial charge in [0, 0.05) is 9.79 Å². The summed E-state index contributed by atoms with van der Waals surface area (Å²) in [5.41, 5.74) is 4.20. The van der Waals surface area contributed by atoms with Crippen molar-refractivity contribution < 1.29 is 9.90 Å². The molecule has 25 heavy (non-hydrogen) atoms. The fourth-order valence-electron chi connectivity index (χ4n) is 3.66. The van der Waals surface area contributed by atoms with Crippen molar-refractivity contribution in [3.05, 3.63) is 59.2 Å². The van der Waals surface area contributed by atoms with E-state index in [1.165, 1.54) is 28.9 Å². The van der Waals surface area contributed by atoms with Crippen LogP contribution in [0.3, 0.4) is 0 Å². The zero-order valence-electron chi connectivity index (χ0n) is 15.4. The van der Waals surface area contributed by atoms with Crippen LogP contribution in [-0.4, -0.2) is 11.1 Å². The van der Waals surface area contributed by atoms with Gasteiger partial charge in [0.1, 0.15) is 0 Å². The molecule has 0 bridgehead atoms. The predicted octanol–water partition coefficient (Wildman–Crippen LogP) is 5.81. The second-order valence-electron chi connectivity index (χ2n) is 8.30. The number of hydrogen-bond acceptors (Lipinski definition) is 2. The van der Waals surface area contributed by atoms with E-state index in [9.17, 15) is 4.79 Å². The van der Waals surface area contributed by atoms with Gasteiger partial charge in [0.2, 0.25) is 0 Å². The summed E-state index contributed by atoms with van der Waals surface area (Å²) >= 11 is 1.71. The number of rotatable bonds is 4. The molecule has 0 saturated heterocycles. The third-order valence-corrected chi connectivity index (χ3v) is 6.29. The van der Waals surface area contributed by atoms with Crippen LogP contribution in [0.25, 0.3) is 0 Å². The van der Waals surface area contributed by atoms with Crippen molar-refractivity contribution in [1.29, 1.82) is 0 Å². The summed E-state index contributed by atoms with van der Waals surface area (Å²) < 4.78 is 0. The van der Waals surface area contributed by atoms with Gasteiger partial charge in [-0.15, -0.1) is 0 Å². The first-order valence-electron chi connectivity index (χ1n) is 8.81. The third kappa shape index (κ3) is 3.92. The number of carbonyl (C=O) groups is 1. The lowest BCUT2D eigenvalue weighted by atomic mass is 9.63. The molecule has 0 radical (unpaired) electrons. The lowest BCUT2D eigenvalue weighted by Crippen LogP contribution is -2.33. The van der Waals surface area contributed by atoms with E-state index in [2.05, 4.69) is 45.9 Å². The van der Waals surface area contributed by atoms with Crippen LogP contribution in [0.5, 0.6) is 0 Å². The van der Waals surface area contributed by atoms with Gasteiger partial charge < -0.3 is 5.11 Å². The van der Waals surface area contributed by atoms with Gasteiger partial charge in [-0.2, -0.15) is 0 Å². The molecule has 1 N–H and O–H groups in total. The first-order chi connectivity index (χ1) is 11.7. The van der Waals surface area contributed by atoms with Crippen LogP contribution in [0.2, 0.25) is 0 Å². The van der Waals surface area contributed by atoms with Gasteiger partial charge >= 0.3 is 5.97 Å². The van der Waals surface area contributed by atoms with Crippen LogP contribution in [0.4, 0.5) is 0 Å². The Balaban J connectivity index is 1.91. The number of aliphatic carboxylic acids is 1. The fourth-order valence-corrected chi connectivity index (χ4v) is 4.60. The second kappa shape index (κ2) is 6.53. The Kier molecular flexibility index (Phi) is 4.72. The van der Waals surface area contributed by atoms with Crippen LogP contribution in [-0.2, 0) is 22.0 Å². The maximum Gasteiger partial charge on any atom is 0.307 e. The number of carboxylic acid groups (broad SMARTS) is 1. The van der Waals surface area contributed by atoms with Crippen LogP contribution in [0, 0.1) is 0 Å². The molecule has 2 aromatic rings. The van der Waals surface area contributed by atoms with Crippen molar-refractivity contribution in [3.8, 4) is 0 Å². The van der Waals surface area contributed by atoms with Gasteiger partial charge in [0.25, 0.3) is 0 Å². The standard InChI is InChI=1S/C22H26O2S/c1-21(2)10-11-22(3,4)19-14-17(8-9-18(19)21)25-16-7-5-6-15(12-16)13-20(23)24/h5-9,12,14H,10-11,13H2,1-4H3,(H,23,24). The molecule has 2 aromatic carbocycles. The highest BCUT2D eigenvalue weighted by Gasteiger charge is 2.36. The molecule has 0 saturated carbocycles. The molecule has 2 nitrogen and oxygen atoms in total. The van der Waals surface area contributed by atoms with Crippen molar-refractivity contribution >= 4 is 17.7 Å². The molecule has 0 amide bonds. The second-order valence-corrected chi connectivity index (χ2v) is 9.44. The quantitative estimate of drug-likeness (QED) is 0.752. The van der Waals surface area contributed by atoms with Crippen molar-refractivity contribution in [2.45, 2.75) is 67.6 Å². The number of carboxylic acids is 1. The van der Waals surface area contributed by atoms with E-state index in [0.29, 0.717) is 0 Å². The van der Waals surface area contributed by atoms with Gasteiger partial charge in [-0.25, -0.2) is 0 Å². The average molecular weight is 355 g/mol. The van der Waals surface area contributed by atoms with Gasteiger partial charge in [0.05, 0.1) is 6.42 Å². The Morgan fingerprint density at radius 3 is 2.28 bits per heavy atom. The smallest absolute Gasteiger partial charge is 0.307 e. The first-order valence-corrected chi connectivity index (χ1v) is 9.63. The molecule has 0 unspecified atom stereocenters. The zero-order valence-corrected chi connectivity index (χ0v) is 16.2. The summed E-state index contributed by atoms with van der Waals surface area (Å²) in [6.45, 7) is 9.35. The number of benzene rings is 2. The highest BCUT2D eigenvalue weighted by molar-refractivity contribution is 7.99. The highest BCUT2D eigenvalue weighted by Crippen LogP contribution is 2.47. The van der Waals surface area contributed by atoms with E-state index in [1.54, 1.807) is 11.8 Å². The maximum absolute atomic E-state index is 10.9. The largest absolute Gasteiger partial charge is 0.481 e. The van der Waals surface area contributed by atoms with E-state index in [1.807, 2.05) is 24.3 Å². The molecule has 1 aliphatic carbocycles. The molecule has 0 spiro atoms. The Bertz CT molecular complexity index is 805. The van der Waals surface area contributed by atoms with E-state index in [4.69, 9.17) is 5.11 Å². The third-order valence-electron chi connectivity index (χ3n) is 5.31. The summed E-state index contributed by atoms with van der Waals surface area (Å²) in [5, 5.41) is 8.98. The van der Waals surface area contributed by atoms with Crippen molar-refractivity contribution in [3.63, 3.8) is 0 Å². The summed E-state index contributed by atoms with van der Waals surface area (Å²) in [5.74, 6) is -0.792. The summed E-state index contributed by atoms with van der Waals surface area (Å²) in [7, 11) is 0. The minimum Gasteiger partial charge on any atom is -0.481 e. The lowest BCUT2D eigenvalue weighted by molar-refractivity contribution is -0.136. The Morgan fingerprint density at radius 2 is 1.60 bits per heavy atom. The Morgan fingerprint density at radius 1 is 0.960 bits per heavy atom. The lowest BCUT2D eigenvalue weighted by Gasteiger charge is -2.42. The molecule has 0 aromatic heterocycles. The summed E-state index contributed by atoms with van der Waals surface area (Å²) in [4.78, 5) is 13.2. The minimum absolute atomic E-state index is 0.0693. The van der Waals surface area contributed by atoms with Crippen molar-refractivity contribution in [2.75, 3.05) is 0 Å². The van der Waals surface area contributed by atoms with Crippen molar-refractivity contribution in [1.82, 2.24) is 0 Å². The predicted molar refractivity (Wildman–Crippen MR) is 104 cm³/mol. The summed E-state index contributed by atoms with van der Waals surface area (Å²) in [6.07, 6.45) is 2.49. The van der Waals surface area contributed by atoms with Gasteiger partial charge in [0.15, 0.2) is 0 Å². The highest BCUT2D eigenvalue weighted by atomic mass is 32.2. The maximum atomic E-state index is 10.9. The van der Waals surface area contributed by atoms with Crippen LogP contribution in [0.1, 0.15) is 57.2 Å². The van der Waals surface area contributed by atoms with E-state index < -0.39 is 5.97 Å². The molecule has 132 valence electrons. The fraction of sp³-hybridized carbons (Fsp3) is 0.409. The Labute approximate surface area is 154 Å². The van der Waals surface area contributed by atoms with Crippen LogP contribution >= 0.6 is 11.8 Å².